The fourth-order valence-electron chi connectivity index (χ4n) is 2.11. The maximum atomic E-state index is 11.9. The summed E-state index contributed by atoms with van der Waals surface area (Å²) in [4.78, 5) is 11.9. The second kappa shape index (κ2) is 5.37. The zero-order valence-corrected chi connectivity index (χ0v) is 11.7. The fraction of sp³-hybridized carbons (Fsp3) is 0.0714. The lowest BCUT2D eigenvalue weighted by Crippen LogP contribution is -2.19. The van der Waals surface area contributed by atoms with Gasteiger partial charge in [-0.3, -0.25) is 0 Å². The Kier molecular flexibility index (Phi) is 3.08. The molecule has 0 amide bonds. The molecule has 0 saturated carbocycles. The van der Waals surface area contributed by atoms with Crippen LogP contribution in [0.4, 0.5) is 0 Å². The zero-order chi connectivity index (χ0) is 15.6. The van der Waals surface area contributed by atoms with Crippen LogP contribution in [0.25, 0.3) is 17.3 Å². The molecule has 0 spiro atoms. The van der Waals surface area contributed by atoms with Gasteiger partial charge in [-0.25, -0.2) is 4.79 Å². The first-order valence-electron chi connectivity index (χ1n) is 6.76. The van der Waals surface area contributed by atoms with Gasteiger partial charge in [-0.2, -0.15) is 9.36 Å². The van der Waals surface area contributed by atoms with Gasteiger partial charge in [-0.1, -0.05) is 18.2 Å². The normalized spacial score (nSPS) is 11.0. The summed E-state index contributed by atoms with van der Waals surface area (Å²) in [6, 6.07) is 12.7. The van der Waals surface area contributed by atoms with E-state index in [0.29, 0.717) is 11.6 Å². The Hall–Kier alpha value is -3.49. The lowest BCUT2D eigenvalue weighted by atomic mass is 10.3. The van der Waals surface area contributed by atoms with E-state index in [1.54, 1.807) is 12.1 Å². The topological polar surface area (TPSA) is 105 Å². The van der Waals surface area contributed by atoms with Crippen molar-refractivity contribution < 1.29 is 8.83 Å². The summed E-state index contributed by atoms with van der Waals surface area (Å²) in [5, 5.41) is 15.6. The van der Waals surface area contributed by atoms with E-state index in [1.165, 1.54) is 10.9 Å². The number of furan rings is 1. The van der Waals surface area contributed by atoms with Crippen molar-refractivity contribution in [3.63, 3.8) is 0 Å². The van der Waals surface area contributed by atoms with Crippen LogP contribution in [0.1, 0.15) is 5.82 Å². The maximum absolute atomic E-state index is 11.9. The fourth-order valence-corrected chi connectivity index (χ4v) is 2.11. The molecular formula is C14H10N6O3. The summed E-state index contributed by atoms with van der Waals surface area (Å²) >= 11 is 0. The van der Waals surface area contributed by atoms with Crippen molar-refractivity contribution in [3.05, 3.63) is 65.1 Å². The Bertz CT molecular complexity index is 968. The Labute approximate surface area is 128 Å². The van der Waals surface area contributed by atoms with E-state index in [1.807, 2.05) is 30.3 Å². The smallest absolute Gasteiger partial charge is 0.437 e. The van der Waals surface area contributed by atoms with Crippen molar-refractivity contribution in [3.8, 4) is 17.3 Å². The first kappa shape index (κ1) is 13.2. The second-order valence-electron chi connectivity index (χ2n) is 4.65. The van der Waals surface area contributed by atoms with Crippen LogP contribution in [0.5, 0.6) is 0 Å². The first-order valence-corrected chi connectivity index (χ1v) is 6.76. The minimum Gasteiger partial charge on any atom is -0.459 e. The molecule has 0 N–H and O–H groups in total. The van der Waals surface area contributed by atoms with Crippen LogP contribution < -0.4 is 5.76 Å². The summed E-state index contributed by atoms with van der Waals surface area (Å²) in [5.74, 6) is 0.332. The van der Waals surface area contributed by atoms with Gasteiger partial charge in [0, 0.05) is 0 Å². The predicted octanol–water partition coefficient (Wildman–Crippen LogP) is 1.12. The average Bonchev–Trinajstić information content (AvgIpc) is 3.30. The van der Waals surface area contributed by atoms with Crippen molar-refractivity contribution in [2.24, 2.45) is 0 Å². The largest absolute Gasteiger partial charge is 0.459 e. The molecule has 1 aromatic carbocycles. The van der Waals surface area contributed by atoms with Crippen molar-refractivity contribution in [2.45, 2.75) is 6.54 Å². The van der Waals surface area contributed by atoms with Gasteiger partial charge in [0.2, 0.25) is 0 Å². The van der Waals surface area contributed by atoms with Crippen LogP contribution in [0.3, 0.4) is 0 Å². The summed E-state index contributed by atoms with van der Waals surface area (Å²) in [6.45, 7) is 0.0743. The van der Waals surface area contributed by atoms with Gasteiger partial charge in [0.15, 0.2) is 11.6 Å². The third kappa shape index (κ3) is 2.44. The van der Waals surface area contributed by atoms with Gasteiger partial charge in [-0.15, -0.1) is 10.2 Å². The summed E-state index contributed by atoms with van der Waals surface area (Å²) < 4.78 is 12.9. The number of hydrogen-bond donors (Lipinski definition) is 0. The molecule has 0 saturated heterocycles. The van der Waals surface area contributed by atoms with Crippen molar-refractivity contribution in [1.29, 1.82) is 0 Å². The number of nitrogens with zero attached hydrogens (tertiary/aromatic N) is 6. The summed E-state index contributed by atoms with van der Waals surface area (Å²) in [7, 11) is 0. The average molecular weight is 310 g/mol. The van der Waals surface area contributed by atoms with Crippen LogP contribution in [0.15, 0.2) is 62.4 Å². The number of aromatic nitrogens is 6. The quantitative estimate of drug-likeness (QED) is 0.556. The molecule has 23 heavy (non-hydrogen) atoms. The molecule has 114 valence electrons. The van der Waals surface area contributed by atoms with E-state index in [9.17, 15) is 4.79 Å². The minimum absolute atomic E-state index is 0.0743. The van der Waals surface area contributed by atoms with Crippen LogP contribution in [-0.2, 0) is 6.54 Å². The lowest BCUT2D eigenvalue weighted by molar-refractivity contribution is 0.473. The Morgan fingerprint density at radius 2 is 1.96 bits per heavy atom. The molecule has 0 aliphatic rings. The first-order chi connectivity index (χ1) is 11.3. The number of para-hydroxylation sites is 1. The molecule has 0 bridgehead atoms. The van der Waals surface area contributed by atoms with E-state index in [-0.39, 0.29) is 12.4 Å². The standard InChI is InChI=1S/C14H10N6O3/c21-14-19(16-13(23-14)11-7-4-8-22-11)9-12-15-17-18-20(12)10-5-2-1-3-6-10/h1-8H,9H2. The number of hydrogen-bond acceptors (Lipinski definition) is 7. The van der Waals surface area contributed by atoms with E-state index in [4.69, 9.17) is 8.83 Å². The van der Waals surface area contributed by atoms with Gasteiger partial charge in [-0.05, 0) is 34.7 Å². The molecule has 0 atom stereocenters. The molecule has 4 rings (SSSR count). The SMILES string of the molecule is O=c1oc(-c2ccco2)nn1Cc1nnnn1-c1ccccc1. The number of rotatable bonds is 4. The highest BCUT2D eigenvalue weighted by Gasteiger charge is 2.16. The van der Waals surface area contributed by atoms with Crippen LogP contribution in [0.2, 0.25) is 0 Å². The molecule has 0 aliphatic heterocycles. The Balaban J connectivity index is 1.68. The summed E-state index contributed by atoms with van der Waals surface area (Å²) in [5.41, 5.74) is 0.787. The molecular weight excluding hydrogens is 300 g/mol. The monoisotopic (exact) mass is 310 g/mol. The van der Waals surface area contributed by atoms with Gasteiger partial charge in [0.05, 0.1) is 12.0 Å². The van der Waals surface area contributed by atoms with Gasteiger partial charge >= 0.3 is 5.76 Å². The van der Waals surface area contributed by atoms with Gasteiger partial charge in [0.25, 0.3) is 5.89 Å². The van der Waals surface area contributed by atoms with E-state index >= 15 is 0 Å². The molecule has 0 fully saturated rings. The van der Waals surface area contributed by atoms with Crippen molar-refractivity contribution >= 4 is 0 Å². The van der Waals surface area contributed by atoms with E-state index < -0.39 is 5.76 Å². The van der Waals surface area contributed by atoms with Crippen molar-refractivity contribution in [1.82, 2.24) is 30.0 Å². The van der Waals surface area contributed by atoms with Crippen LogP contribution in [0, 0.1) is 0 Å². The lowest BCUT2D eigenvalue weighted by Gasteiger charge is -2.02. The molecule has 9 heteroatoms. The van der Waals surface area contributed by atoms with E-state index in [0.717, 1.165) is 10.4 Å². The number of tetrazole rings is 1. The minimum atomic E-state index is -0.612. The van der Waals surface area contributed by atoms with Gasteiger partial charge < -0.3 is 8.83 Å². The number of benzene rings is 1. The Morgan fingerprint density at radius 1 is 1.09 bits per heavy atom. The molecule has 0 unspecified atom stereocenters. The highest BCUT2D eigenvalue weighted by molar-refractivity contribution is 5.42. The molecule has 3 aromatic heterocycles. The third-order valence-electron chi connectivity index (χ3n) is 3.16. The molecule has 0 radical (unpaired) electrons. The molecule has 9 nitrogen and oxygen atoms in total. The second-order valence-corrected chi connectivity index (χ2v) is 4.65. The van der Waals surface area contributed by atoms with Crippen LogP contribution in [-0.4, -0.2) is 30.0 Å². The van der Waals surface area contributed by atoms with Gasteiger partial charge in [0.1, 0.15) is 6.54 Å². The molecule has 0 aliphatic carbocycles. The van der Waals surface area contributed by atoms with Crippen molar-refractivity contribution in [2.75, 3.05) is 0 Å². The van der Waals surface area contributed by atoms with E-state index in [2.05, 4.69) is 20.6 Å². The highest BCUT2D eigenvalue weighted by atomic mass is 16.4. The molecule has 3 heterocycles. The highest BCUT2D eigenvalue weighted by Crippen LogP contribution is 2.15. The zero-order valence-electron chi connectivity index (χ0n) is 11.7. The predicted molar refractivity (Wildman–Crippen MR) is 76.7 cm³/mol. The summed E-state index contributed by atoms with van der Waals surface area (Å²) in [6.07, 6.45) is 1.48. The van der Waals surface area contributed by atoms with Crippen LogP contribution >= 0.6 is 0 Å². The third-order valence-corrected chi connectivity index (χ3v) is 3.16. The Morgan fingerprint density at radius 3 is 2.74 bits per heavy atom. The molecule has 4 aromatic rings. The maximum Gasteiger partial charge on any atom is 0.437 e.